The zero-order valence-corrected chi connectivity index (χ0v) is 12.8. The Labute approximate surface area is 124 Å². The zero-order chi connectivity index (χ0) is 14.5. The van der Waals surface area contributed by atoms with E-state index in [0.717, 1.165) is 31.5 Å². The molecular weight excluding hydrogens is 278 g/mol. The third-order valence-electron chi connectivity index (χ3n) is 3.91. The highest BCUT2D eigenvalue weighted by Crippen LogP contribution is 2.27. The van der Waals surface area contributed by atoms with E-state index in [9.17, 15) is 4.79 Å². The summed E-state index contributed by atoms with van der Waals surface area (Å²) >= 11 is 5.76. The van der Waals surface area contributed by atoms with E-state index in [1.54, 1.807) is 7.11 Å². The monoisotopic (exact) mass is 299 g/mol. The van der Waals surface area contributed by atoms with Crippen LogP contribution in [0.5, 0.6) is 0 Å². The van der Waals surface area contributed by atoms with Crippen LogP contribution in [-0.4, -0.2) is 45.7 Å². The average molecular weight is 300 g/mol. The molecule has 1 aliphatic rings. The van der Waals surface area contributed by atoms with E-state index >= 15 is 0 Å². The summed E-state index contributed by atoms with van der Waals surface area (Å²) in [5.41, 5.74) is 0.895. The van der Waals surface area contributed by atoms with Crippen molar-refractivity contribution in [2.45, 2.75) is 51.4 Å². The normalized spacial score (nSPS) is 22.1. The molecule has 1 aliphatic carbocycles. The molecule has 1 aromatic heterocycles. The van der Waals surface area contributed by atoms with Gasteiger partial charge in [0.2, 0.25) is 5.91 Å². The fourth-order valence-electron chi connectivity index (χ4n) is 2.84. The van der Waals surface area contributed by atoms with Crippen LogP contribution < -0.4 is 0 Å². The standard InChI is InChI=1S/C14H22ClN3O2/c1-3-17-8-7-11(16-17)10-18(14(19)9-15)12-5-4-6-13(12)20-2/h7-8,12-13H,3-6,9-10H2,1-2H3/t12-,13-/m1/s1. The number of nitrogens with zero attached hydrogens (tertiary/aromatic N) is 3. The second-order valence-electron chi connectivity index (χ2n) is 5.09. The van der Waals surface area contributed by atoms with Crippen LogP contribution in [0.4, 0.5) is 0 Å². The Hall–Kier alpha value is -1.07. The molecule has 0 spiro atoms. The highest BCUT2D eigenvalue weighted by atomic mass is 35.5. The van der Waals surface area contributed by atoms with Crippen molar-refractivity contribution in [3.05, 3.63) is 18.0 Å². The van der Waals surface area contributed by atoms with Gasteiger partial charge in [0, 0.05) is 19.9 Å². The second-order valence-corrected chi connectivity index (χ2v) is 5.36. The van der Waals surface area contributed by atoms with Crippen molar-refractivity contribution in [3.63, 3.8) is 0 Å². The number of hydrogen-bond acceptors (Lipinski definition) is 3. The topological polar surface area (TPSA) is 47.4 Å². The number of aromatic nitrogens is 2. The predicted octanol–water partition coefficient (Wildman–Crippen LogP) is 2.04. The lowest BCUT2D eigenvalue weighted by atomic mass is 10.1. The molecule has 20 heavy (non-hydrogen) atoms. The molecule has 0 radical (unpaired) electrons. The molecule has 6 heteroatoms. The van der Waals surface area contributed by atoms with Crippen molar-refractivity contribution in [1.82, 2.24) is 14.7 Å². The van der Waals surface area contributed by atoms with Crippen LogP contribution >= 0.6 is 11.6 Å². The van der Waals surface area contributed by atoms with Crippen molar-refractivity contribution in [2.24, 2.45) is 0 Å². The first-order valence-corrected chi connectivity index (χ1v) is 7.63. The molecule has 1 amide bonds. The first-order valence-electron chi connectivity index (χ1n) is 7.10. The van der Waals surface area contributed by atoms with Gasteiger partial charge in [0.25, 0.3) is 0 Å². The van der Waals surface area contributed by atoms with E-state index < -0.39 is 0 Å². The Morgan fingerprint density at radius 3 is 3.00 bits per heavy atom. The van der Waals surface area contributed by atoms with Crippen molar-refractivity contribution < 1.29 is 9.53 Å². The first-order chi connectivity index (χ1) is 9.69. The molecule has 2 rings (SSSR count). The van der Waals surface area contributed by atoms with Gasteiger partial charge in [-0.15, -0.1) is 11.6 Å². The number of amides is 1. The summed E-state index contributed by atoms with van der Waals surface area (Å²) in [6.45, 7) is 3.37. The first kappa shape index (κ1) is 15.3. The maximum atomic E-state index is 12.1. The maximum absolute atomic E-state index is 12.1. The lowest BCUT2D eigenvalue weighted by Crippen LogP contribution is -2.45. The van der Waals surface area contributed by atoms with E-state index in [0.29, 0.717) is 6.54 Å². The number of halogens is 1. The molecule has 1 fully saturated rings. The van der Waals surface area contributed by atoms with E-state index in [1.807, 2.05) is 28.8 Å². The quantitative estimate of drug-likeness (QED) is 0.755. The Morgan fingerprint density at radius 1 is 1.60 bits per heavy atom. The van der Waals surface area contributed by atoms with Crippen LogP contribution in [0.1, 0.15) is 31.9 Å². The Morgan fingerprint density at radius 2 is 2.40 bits per heavy atom. The third kappa shape index (κ3) is 3.33. The van der Waals surface area contributed by atoms with Gasteiger partial charge in [-0.2, -0.15) is 5.10 Å². The smallest absolute Gasteiger partial charge is 0.238 e. The number of carbonyl (C=O) groups excluding carboxylic acids is 1. The van der Waals surface area contributed by atoms with Gasteiger partial charge in [0.05, 0.1) is 24.4 Å². The van der Waals surface area contributed by atoms with Crippen molar-refractivity contribution in [3.8, 4) is 0 Å². The number of methoxy groups -OCH3 is 1. The molecule has 2 atom stereocenters. The zero-order valence-electron chi connectivity index (χ0n) is 12.1. The summed E-state index contributed by atoms with van der Waals surface area (Å²) in [6, 6.07) is 2.06. The fraction of sp³-hybridized carbons (Fsp3) is 0.714. The van der Waals surface area contributed by atoms with E-state index in [-0.39, 0.29) is 23.9 Å². The Bertz CT molecular complexity index is 449. The number of hydrogen-bond donors (Lipinski definition) is 0. The van der Waals surface area contributed by atoms with Crippen molar-refractivity contribution in [2.75, 3.05) is 13.0 Å². The van der Waals surface area contributed by atoms with Gasteiger partial charge in [-0.3, -0.25) is 9.48 Å². The van der Waals surface area contributed by atoms with Crippen molar-refractivity contribution in [1.29, 1.82) is 0 Å². The molecule has 5 nitrogen and oxygen atoms in total. The Kier molecular flexibility index (Phi) is 5.43. The minimum Gasteiger partial charge on any atom is -0.379 e. The van der Waals surface area contributed by atoms with E-state index in [2.05, 4.69) is 5.10 Å². The van der Waals surface area contributed by atoms with E-state index in [1.165, 1.54) is 0 Å². The lowest BCUT2D eigenvalue weighted by Gasteiger charge is -2.31. The molecule has 1 saturated carbocycles. The second kappa shape index (κ2) is 7.09. The Balaban J connectivity index is 2.13. The van der Waals surface area contributed by atoms with Crippen LogP contribution in [0.3, 0.4) is 0 Å². The van der Waals surface area contributed by atoms with Crippen LogP contribution in [0, 0.1) is 0 Å². The molecular formula is C14H22ClN3O2. The number of ether oxygens (including phenoxy) is 1. The average Bonchev–Trinajstić information content (AvgIpc) is 3.12. The maximum Gasteiger partial charge on any atom is 0.238 e. The predicted molar refractivity (Wildman–Crippen MR) is 77.6 cm³/mol. The van der Waals surface area contributed by atoms with Gasteiger partial charge >= 0.3 is 0 Å². The third-order valence-corrected chi connectivity index (χ3v) is 4.14. The van der Waals surface area contributed by atoms with Gasteiger partial charge in [-0.1, -0.05) is 0 Å². The highest BCUT2D eigenvalue weighted by molar-refractivity contribution is 6.27. The molecule has 1 aromatic rings. The van der Waals surface area contributed by atoms with Crippen LogP contribution in [-0.2, 0) is 22.6 Å². The molecule has 112 valence electrons. The minimum absolute atomic E-state index is 0.00141. The summed E-state index contributed by atoms with van der Waals surface area (Å²) in [7, 11) is 1.71. The number of rotatable bonds is 6. The SMILES string of the molecule is CCn1ccc(CN(C(=O)CCl)[C@@H]2CCC[C@H]2OC)n1. The summed E-state index contributed by atoms with van der Waals surface area (Å²) < 4.78 is 7.36. The van der Waals surface area contributed by atoms with Gasteiger partial charge in [-0.25, -0.2) is 0 Å². The van der Waals surface area contributed by atoms with Crippen LogP contribution in [0.15, 0.2) is 12.3 Å². The molecule has 0 N–H and O–H groups in total. The van der Waals surface area contributed by atoms with E-state index in [4.69, 9.17) is 16.3 Å². The van der Waals surface area contributed by atoms with Crippen molar-refractivity contribution >= 4 is 17.5 Å². The minimum atomic E-state index is -0.0494. The van der Waals surface area contributed by atoms with Gasteiger partial charge in [0.1, 0.15) is 5.88 Å². The molecule has 1 heterocycles. The van der Waals surface area contributed by atoms with Crippen LogP contribution in [0.25, 0.3) is 0 Å². The number of aryl methyl sites for hydroxylation is 1. The largest absolute Gasteiger partial charge is 0.379 e. The molecule has 0 aliphatic heterocycles. The lowest BCUT2D eigenvalue weighted by molar-refractivity contribution is -0.134. The van der Waals surface area contributed by atoms with Gasteiger partial charge in [0.15, 0.2) is 0 Å². The molecule has 0 saturated heterocycles. The highest BCUT2D eigenvalue weighted by Gasteiger charge is 2.34. The fourth-order valence-corrected chi connectivity index (χ4v) is 3.00. The molecule has 0 aromatic carbocycles. The summed E-state index contributed by atoms with van der Waals surface area (Å²) in [5.74, 6) is -0.0480. The molecule has 0 unspecified atom stereocenters. The number of carbonyl (C=O) groups is 1. The summed E-state index contributed by atoms with van der Waals surface area (Å²) in [4.78, 5) is 14.0. The number of alkyl halides is 1. The van der Waals surface area contributed by atoms with Crippen LogP contribution in [0.2, 0.25) is 0 Å². The van der Waals surface area contributed by atoms with Gasteiger partial charge in [-0.05, 0) is 32.3 Å². The molecule has 0 bridgehead atoms. The summed E-state index contributed by atoms with van der Waals surface area (Å²) in [5, 5.41) is 4.45. The van der Waals surface area contributed by atoms with Gasteiger partial charge < -0.3 is 9.64 Å². The summed E-state index contributed by atoms with van der Waals surface area (Å²) in [6.07, 6.45) is 5.09.